The molecule has 2 rings (SSSR count). The number of hydrogen-bond acceptors (Lipinski definition) is 3. The molecule has 3 atom stereocenters. The van der Waals surface area contributed by atoms with Crippen LogP contribution in [-0.2, 0) is 9.53 Å². The molecular weight excluding hydrogens is 230 g/mol. The highest BCUT2D eigenvalue weighted by molar-refractivity contribution is 5.73. The van der Waals surface area contributed by atoms with Gasteiger partial charge >= 0.3 is 5.97 Å². The topological polar surface area (TPSA) is 49.8 Å². The van der Waals surface area contributed by atoms with Gasteiger partial charge in [-0.3, -0.25) is 9.69 Å². The molecule has 2 heterocycles. The first kappa shape index (κ1) is 13.8. The maximum absolute atomic E-state index is 11.5. The summed E-state index contributed by atoms with van der Waals surface area (Å²) >= 11 is 0. The van der Waals surface area contributed by atoms with Crippen molar-refractivity contribution in [2.45, 2.75) is 70.1 Å². The minimum Gasteiger partial charge on any atom is -0.480 e. The number of nitrogens with zero attached hydrogens (tertiary/aromatic N) is 1. The Morgan fingerprint density at radius 1 is 1.22 bits per heavy atom. The molecule has 1 N–H and O–H groups in total. The zero-order valence-corrected chi connectivity index (χ0v) is 11.3. The van der Waals surface area contributed by atoms with E-state index in [1.54, 1.807) is 0 Å². The number of ether oxygens (including phenoxy) is 1. The van der Waals surface area contributed by atoms with E-state index in [0.29, 0.717) is 6.04 Å². The lowest BCUT2D eigenvalue weighted by molar-refractivity contribution is -0.146. The average Bonchev–Trinajstić information content (AvgIpc) is 2.28. The van der Waals surface area contributed by atoms with E-state index in [0.717, 1.165) is 45.3 Å². The lowest BCUT2D eigenvalue weighted by Crippen LogP contribution is -2.51. The van der Waals surface area contributed by atoms with Crippen LogP contribution >= 0.6 is 0 Å². The summed E-state index contributed by atoms with van der Waals surface area (Å²) in [5, 5.41) is 9.45. The van der Waals surface area contributed by atoms with E-state index < -0.39 is 5.97 Å². The van der Waals surface area contributed by atoms with Crippen LogP contribution in [0.1, 0.15) is 51.9 Å². The van der Waals surface area contributed by atoms with Gasteiger partial charge in [-0.25, -0.2) is 0 Å². The predicted octanol–water partition coefficient (Wildman–Crippen LogP) is 2.27. The van der Waals surface area contributed by atoms with Crippen molar-refractivity contribution in [2.75, 3.05) is 13.2 Å². The van der Waals surface area contributed by atoms with E-state index in [-0.39, 0.29) is 12.1 Å². The molecule has 0 saturated carbocycles. The van der Waals surface area contributed by atoms with Gasteiger partial charge in [-0.05, 0) is 39.2 Å². The fourth-order valence-electron chi connectivity index (χ4n) is 3.29. The maximum Gasteiger partial charge on any atom is 0.320 e. The summed E-state index contributed by atoms with van der Waals surface area (Å²) in [5.41, 5.74) is 0. The largest absolute Gasteiger partial charge is 0.480 e. The molecular formula is C14H25NO3. The molecule has 0 aliphatic carbocycles. The number of rotatable bonds is 2. The van der Waals surface area contributed by atoms with E-state index >= 15 is 0 Å². The Kier molecular flexibility index (Phi) is 5.01. The molecule has 0 spiro atoms. The summed E-state index contributed by atoms with van der Waals surface area (Å²) in [5.74, 6) is -0.643. The van der Waals surface area contributed by atoms with Gasteiger partial charge in [-0.1, -0.05) is 19.3 Å². The minimum atomic E-state index is -0.643. The van der Waals surface area contributed by atoms with Gasteiger partial charge in [0.2, 0.25) is 0 Å². The molecule has 2 aliphatic heterocycles. The zero-order chi connectivity index (χ0) is 13.0. The summed E-state index contributed by atoms with van der Waals surface area (Å²) in [4.78, 5) is 13.7. The second kappa shape index (κ2) is 6.53. The first-order chi connectivity index (χ1) is 8.68. The molecule has 0 bridgehead atoms. The van der Waals surface area contributed by atoms with Gasteiger partial charge in [-0.15, -0.1) is 0 Å². The molecule has 18 heavy (non-hydrogen) atoms. The van der Waals surface area contributed by atoms with Gasteiger partial charge in [0.05, 0.1) is 6.10 Å². The van der Waals surface area contributed by atoms with Crippen LogP contribution in [0.5, 0.6) is 0 Å². The molecule has 4 nitrogen and oxygen atoms in total. The van der Waals surface area contributed by atoms with Crippen molar-refractivity contribution in [2.24, 2.45) is 0 Å². The Labute approximate surface area is 109 Å². The summed E-state index contributed by atoms with van der Waals surface area (Å²) in [7, 11) is 0. The number of carbonyl (C=O) groups is 1. The second-order valence-corrected chi connectivity index (χ2v) is 5.65. The maximum atomic E-state index is 11.5. The third kappa shape index (κ3) is 3.45. The zero-order valence-electron chi connectivity index (χ0n) is 11.3. The molecule has 0 aromatic heterocycles. The molecule has 4 heteroatoms. The van der Waals surface area contributed by atoms with Crippen LogP contribution < -0.4 is 0 Å². The van der Waals surface area contributed by atoms with E-state index in [4.69, 9.17) is 4.74 Å². The number of carboxylic acids is 1. The smallest absolute Gasteiger partial charge is 0.320 e. The Morgan fingerprint density at radius 3 is 2.72 bits per heavy atom. The molecule has 0 radical (unpaired) electrons. The number of hydrogen-bond donors (Lipinski definition) is 1. The normalized spacial score (nSPS) is 35.7. The van der Waals surface area contributed by atoms with Crippen molar-refractivity contribution in [1.82, 2.24) is 4.90 Å². The Balaban J connectivity index is 2.05. The van der Waals surface area contributed by atoms with Gasteiger partial charge in [0.1, 0.15) is 6.04 Å². The van der Waals surface area contributed by atoms with E-state index in [2.05, 4.69) is 11.8 Å². The summed E-state index contributed by atoms with van der Waals surface area (Å²) in [6.07, 6.45) is 7.63. The Bertz CT molecular complexity index is 282. The van der Waals surface area contributed by atoms with E-state index in [1.165, 1.54) is 12.8 Å². The highest BCUT2D eigenvalue weighted by Crippen LogP contribution is 2.25. The van der Waals surface area contributed by atoms with Gasteiger partial charge in [0.15, 0.2) is 0 Å². The van der Waals surface area contributed by atoms with Gasteiger partial charge in [0.25, 0.3) is 0 Å². The summed E-state index contributed by atoms with van der Waals surface area (Å²) in [6.45, 7) is 3.80. The van der Waals surface area contributed by atoms with Crippen molar-refractivity contribution in [3.05, 3.63) is 0 Å². The monoisotopic (exact) mass is 255 g/mol. The van der Waals surface area contributed by atoms with Crippen LogP contribution in [0.15, 0.2) is 0 Å². The summed E-state index contributed by atoms with van der Waals surface area (Å²) < 4.78 is 5.58. The van der Waals surface area contributed by atoms with Crippen molar-refractivity contribution < 1.29 is 14.6 Å². The van der Waals surface area contributed by atoms with Crippen LogP contribution in [0.3, 0.4) is 0 Å². The van der Waals surface area contributed by atoms with E-state index in [1.807, 2.05) is 0 Å². The first-order valence-corrected chi connectivity index (χ1v) is 7.28. The molecule has 3 unspecified atom stereocenters. The van der Waals surface area contributed by atoms with Crippen molar-refractivity contribution in [1.29, 1.82) is 0 Å². The number of carboxylic acid groups (broad SMARTS) is 1. The van der Waals surface area contributed by atoms with Crippen LogP contribution in [0.25, 0.3) is 0 Å². The number of aliphatic carboxylic acids is 1. The van der Waals surface area contributed by atoms with Gasteiger partial charge in [-0.2, -0.15) is 0 Å². The SMILES string of the molecule is CC1CC(N2CCCCCCC2C(=O)O)CCO1. The Morgan fingerprint density at radius 2 is 2.00 bits per heavy atom. The molecule has 2 saturated heterocycles. The molecule has 104 valence electrons. The fraction of sp³-hybridized carbons (Fsp3) is 0.929. The lowest BCUT2D eigenvalue weighted by Gasteiger charge is -2.40. The number of likely N-dealkylation sites (tertiary alicyclic amines) is 1. The molecule has 2 fully saturated rings. The Hall–Kier alpha value is -0.610. The third-order valence-corrected chi connectivity index (χ3v) is 4.26. The fourth-order valence-corrected chi connectivity index (χ4v) is 3.29. The predicted molar refractivity (Wildman–Crippen MR) is 69.7 cm³/mol. The molecule has 0 aromatic rings. The van der Waals surface area contributed by atoms with E-state index in [9.17, 15) is 9.90 Å². The van der Waals surface area contributed by atoms with Crippen molar-refractivity contribution in [3.8, 4) is 0 Å². The quantitative estimate of drug-likeness (QED) is 0.822. The van der Waals surface area contributed by atoms with Crippen LogP contribution in [0.2, 0.25) is 0 Å². The van der Waals surface area contributed by atoms with Crippen molar-refractivity contribution >= 4 is 5.97 Å². The van der Waals surface area contributed by atoms with Crippen LogP contribution in [0.4, 0.5) is 0 Å². The van der Waals surface area contributed by atoms with Crippen LogP contribution in [0, 0.1) is 0 Å². The summed E-state index contributed by atoms with van der Waals surface area (Å²) in [6, 6.07) is 0.119. The second-order valence-electron chi connectivity index (χ2n) is 5.65. The minimum absolute atomic E-state index is 0.267. The third-order valence-electron chi connectivity index (χ3n) is 4.26. The molecule has 0 amide bonds. The molecule has 2 aliphatic rings. The highest BCUT2D eigenvalue weighted by atomic mass is 16.5. The highest BCUT2D eigenvalue weighted by Gasteiger charge is 2.33. The van der Waals surface area contributed by atoms with Crippen molar-refractivity contribution in [3.63, 3.8) is 0 Å². The molecule has 0 aromatic carbocycles. The standard InChI is InChI=1S/C14H25NO3/c1-11-10-12(7-9-18-11)15-8-5-3-2-4-6-13(15)14(16)17/h11-13H,2-10H2,1H3,(H,16,17). The van der Waals surface area contributed by atoms with Gasteiger partial charge < -0.3 is 9.84 Å². The lowest BCUT2D eigenvalue weighted by atomic mass is 9.95. The van der Waals surface area contributed by atoms with Gasteiger partial charge in [0, 0.05) is 12.6 Å². The van der Waals surface area contributed by atoms with Crippen LogP contribution in [-0.4, -0.2) is 47.3 Å². The average molecular weight is 255 g/mol. The first-order valence-electron chi connectivity index (χ1n) is 7.28.